The molecule has 3 atom stereocenters. The Kier molecular flexibility index (Phi) is 4.20. The summed E-state index contributed by atoms with van der Waals surface area (Å²) in [5, 5.41) is 12.5. The highest BCUT2D eigenvalue weighted by Gasteiger charge is 2.30. The largest absolute Gasteiger partial charge is 0.444 e. The predicted octanol–water partition coefficient (Wildman–Crippen LogP) is 2.23. The molecule has 1 amide bonds. The highest BCUT2D eigenvalue weighted by Crippen LogP contribution is 2.27. The third-order valence-corrected chi connectivity index (χ3v) is 2.83. The first kappa shape index (κ1) is 14.0. The summed E-state index contributed by atoms with van der Waals surface area (Å²) in [6.45, 7) is 11.4. The van der Waals surface area contributed by atoms with E-state index < -0.39 is 17.8 Å². The number of rotatable bonds is 1. The van der Waals surface area contributed by atoms with Crippen molar-refractivity contribution in [1.82, 2.24) is 5.32 Å². The molecule has 4 nitrogen and oxygen atoms in total. The number of hydrogen-bond acceptors (Lipinski definition) is 3. The monoisotopic (exact) mass is 241 g/mol. The normalized spacial score (nSPS) is 29.9. The minimum absolute atomic E-state index is 0.191. The van der Waals surface area contributed by atoms with Crippen LogP contribution < -0.4 is 5.32 Å². The molecule has 1 saturated carbocycles. The molecule has 2 N–H and O–H groups in total. The van der Waals surface area contributed by atoms with Crippen LogP contribution in [0.5, 0.6) is 0 Å². The van der Waals surface area contributed by atoms with E-state index in [9.17, 15) is 9.90 Å². The van der Waals surface area contributed by atoms with Gasteiger partial charge in [0.1, 0.15) is 5.60 Å². The molecular weight excluding hydrogens is 218 g/mol. The van der Waals surface area contributed by atoms with Crippen LogP contribution in [0.3, 0.4) is 0 Å². The van der Waals surface area contributed by atoms with Gasteiger partial charge in [-0.1, -0.05) is 13.5 Å². The Labute approximate surface area is 103 Å². The Morgan fingerprint density at radius 3 is 2.59 bits per heavy atom. The van der Waals surface area contributed by atoms with Crippen LogP contribution in [0.1, 0.15) is 40.5 Å². The minimum Gasteiger partial charge on any atom is -0.444 e. The molecule has 17 heavy (non-hydrogen) atoms. The smallest absolute Gasteiger partial charge is 0.408 e. The Bertz CT molecular complexity index is 306. The molecule has 3 unspecified atom stereocenters. The minimum atomic E-state index is -0.529. The van der Waals surface area contributed by atoms with E-state index in [1.807, 2.05) is 20.8 Å². The van der Waals surface area contributed by atoms with Gasteiger partial charge in [-0.3, -0.25) is 0 Å². The molecule has 0 heterocycles. The summed E-state index contributed by atoms with van der Waals surface area (Å²) in [6, 6.07) is -0.191. The number of aliphatic hydroxyl groups excluding tert-OH is 1. The van der Waals surface area contributed by atoms with Crippen molar-refractivity contribution < 1.29 is 14.6 Å². The maximum Gasteiger partial charge on any atom is 0.408 e. The first-order chi connectivity index (χ1) is 7.69. The fourth-order valence-corrected chi connectivity index (χ4v) is 2.02. The van der Waals surface area contributed by atoms with Gasteiger partial charge in [-0.05, 0) is 45.1 Å². The van der Waals surface area contributed by atoms with Crippen molar-refractivity contribution in [2.24, 2.45) is 5.92 Å². The second kappa shape index (κ2) is 5.08. The number of amides is 1. The van der Waals surface area contributed by atoms with Gasteiger partial charge in [-0.25, -0.2) is 4.79 Å². The third kappa shape index (κ3) is 4.38. The fraction of sp³-hybridized carbons (Fsp3) is 0.769. The van der Waals surface area contributed by atoms with E-state index in [0.717, 1.165) is 6.42 Å². The van der Waals surface area contributed by atoms with E-state index in [0.29, 0.717) is 17.9 Å². The molecule has 0 aromatic carbocycles. The Morgan fingerprint density at radius 1 is 1.47 bits per heavy atom. The van der Waals surface area contributed by atoms with Crippen molar-refractivity contribution in [1.29, 1.82) is 0 Å². The molecule has 0 aromatic rings. The molecule has 0 aliphatic heterocycles. The third-order valence-electron chi connectivity index (χ3n) is 2.83. The average molecular weight is 241 g/mol. The van der Waals surface area contributed by atoms with E-state index in [2.05, 4.69) is 18.8 Å². The van der Waals surface area contributed by atoms with Gasteiger partial charge in [0, 0.05) is 0 Å². The first-order valence-corrected chi connectivity index (χ1v) is 6.05. The highest BCUT2D eigenvalue weighted by atomic mass is 16.6. The number of carbonyl (C=O) groups excluding carboxylic acids is 1. The lowest BCUT2D eigenvalue weighted by molar-refractivity contribution is 0.0482. The van der Waals surface area contributed by atoms with Crippen molar-refractivity contribution in [2.45, 2.75) is 58.3 Å². The van der Waals surface area contributed by atoms with E-state index in [1.54, 1.807) is 0 Å². The van der Waals surface area contributed by atoms with Crippen molar-refractivity contribution >= 4 is 6.09 Å². The van der Waals surface area contributed by atoms with Gasteiger partial charge in [0.05, 0.1) is 12.1 Å². The molecule has 0 aromatic heterocycles. The Hall–Kier alpha value is -1.03. The number of aliphatic hydroxyl groups is 1. The zero-order valence-electron chi connectivity index (χ0n) is 11.1. The van der Waals surface area contributed by atoms with Gasteiger partial charge < -0.3 is 15.2 Å². The number of hydrogen-bond donors (Lipinski definition) is 2. The van der Waals surface area contributed by atoms with Gasteiger partial charge >= 0.3 is 6.09 Å². The molecule has 1 rings (SSSR count). The average Bonchev–Trinajstić information content (AvgIpc) is 2.10. The quantitative estimate of drug-likeness (QED) is 0.692. The van der Waals surface area contributed by atoms with Crippen LogP contribution in [-0.2, 0) is 4.74 Å². The summed E-state index contributed by atoms with van der Waals surface area (Å²) >= 11 is 0. The number of ether oxygens (including phenoxy) is 1. The molecule has 0 radical (unpaired) electrons. The van der Waals surface area contributed by atoms with Crippen LogP contribution in [0.25, 0.3) is 0 Å². The Balaban J connectivity index is 2.55. The lowest BCUT2D eigenvalue weighted by Gasteiger charge is -2.33. The molecule has 98 valence electrons. The zero-order valence-corrected chi connectivity index (χ0v) is 11.1. The second-order valence-corrected chi connectivity index (χ2v) is 5.87. The van der Waals surface area contributed by atoms with Crippen molar-refractivity contribution in [2.75, 3.05) is 0 Å². The molecule has 1 fully saturated rings. The zero-order chi connectivity index (χ0) is 13.2. The van der Waals surface area contributed by atoms with Gasteiger partial charge in [-0.2, -0.15) is 0 Å². The van der Waals surface area contributed by atoms with Crippen LogP contribution in [0.2, 0.25) is 0 Å². The van der Waals surface area contributed by atoms with Crippen LogP contribution in [0, 0.1) is 5.92 Å². The van der Waals surface area contributed by atoms with Crippen molar-refractivity contribution in [3.05, 3.63) is 12.2 Å². The molecule has 4 heteroatoms. The summed E-state index contributed by atoms with van der Waals surface area (Å²) in [5.74, 6) is 0.371. The summed E-state index contributed by atoms with van der Waals surface area (Å²) in [5.41, 5.74) is 0.165. The molecule has 0 bridgehead atoms. The number of nitrogens with one attached hydrogen (secondary N) is 1. The molecule has 1 aliphatic rings. The molecular formula is C13H23NO3. The van der Waals surface area contributed by atoms with Crippen LogP contribution in [0.15, 0.2) is 12.2 Å². The predicted molar refractivity (Wildman–Crippen MR) is 66.7 cm³/mol. The number of carbonyl (C=O) groups is 1. The van der Waals surface area contributed by atoms with Gasteiger partial charge in [-0.15, -0.1) is 0 Å². The fourth-order valence-electron chi connectivity index (χ4n) is 2.02. The SMILES string of the molecule is C=C1C(O)CC(C)CC1NC(=O)OC(C)(C)C. The first-order valence-electron chi connectivity index (χ1n) is 6.05. The highest BCUT2D eigenvalue weighted by molar-refractivity contribution is 5.68. The van der Waals surface area contributed by atoms with E-state index in [-0.39, 0.29) is 6.04 Å². The lowest BCUT2D eigenvalue weighted by atomic mass is 9.82. The van der Waals surface area contributed by atoms with Crippen molar-refractivity contribution in [3.63, 3.8) is 0 Å². The topological polar surface area (TPSA) is 58.6 Å². The summed E-state index contributed by atoms with van der Waals surface area (Å²) in [6.07, 6.45) is 0.532. The van der Waals surface area contributed by atoms with Crippen LogP contribution >= 0.6 is 0 Å². The summed E-state index contributed by atoms with van der Waals surface area (Å²) < 4.78 is 5.19. The molecule has 0 saturated heterocycles. The maximum atomic E-state index is 11.6. The van der Waals surface area contributed by atoms with Crippen LogP contribution in [-0.4, -0.2) is 28.9 Å². The standard InChI is InChI=1S/C13H23NO3/c1-8-6-10(9(2)11(15)7-8)14-12(16)17-13(3,4)5/h8,10-11,15H,2,6-7H2,1,3-5H3,(H,14,16). The summed E-state index contributed by atoms with van der Waals surface area (Å²) in [4.78, 5) is 11.6. The van der Waals surface area contributed by atoms with Gasteiger partial charge in [0.25, 0.3) is 0 Å². The summed E-state index contributed by atoms with van der Waals surface area (Å²) in [7, 11) is 0. The van der Waals surface area contributed by atoms with Crippen molar-refractivity contribution in [3.8, 4) is 0 Å². The van der Waals surface area contributed by atoms with E-state index in [4.69, 9.17) is 4.74 Å². The maximum absolute atomic E-state index is 11.6. The molecule has 1 aliphatic carbocycles. The second-order valence-electron chi connectivity index (χ2n) is 5.87. The van der Waals surface area contributed by atoms with E-state index in [1.165, 1.54) is 0 Å². The van der Waals surface area contributed by atoms with Gasteiger partial charge in [0.15, 0.2) is 0 Å². The Morgan fingerprint density at radius 2 is 2.06 bits per heavy atom. The number of alkyl carbamates (subject to hydrolysis) is 1. The van der Waals surface area contributed by atoms with E-state index >= 15 is 0 Å². The van der Waals surface area contributed by atoms with Crippen LogP contribution in [0.4, 0.5) is 4.79 Å². The van der Waals surface area contributed by atoms with Gasteiger partial charge in [0.2, 0.25) is 0 Å². The molecule has 0 spiro atoms. The lowest BCUT2D eigenvalue weighted by Crippen LogP contribution is -2.45.